The predicted molar refractivity (Wildman–Crippen MR) is 138 cm³/mol. The summed E-state index contributed by atoms with van der Waals surface area (Å²) in [6.07, 6.45) is 1.54. The van der Waals surface area contributed by atoms with Crippen molar-refractivity contribution in [1.29, 1.82) is 0 Å². The van der Waals surface area contributed by atoms with Gasteiger partial charge >= 0.3 is 0 Å². The van der Waals surface area contributed by atoms with Crippen LogP contribution in [0.1, 0.15) is 23.9 Å². The van der Waals surface area contributed by atoms with Crippen molar-refractivity contribution in [3.63, 3.8) is 0 Å². The molecule has 0 fully saturated rings. The quantitative estimate of drug-likeness (QED) is 0.319. The highest BCUT2D eigenvalue weighted by molar-refractivity contribution is 7.13. The number of aromatic nitrogens is 4. The number of para-hydroxylation sites is 4. The van der Waals surface area contributed by atoms with E-state index in [0.717, 1.165) is 45.6 Å². The minimum absolute atomic E-state index is 0.0975. The highest BCUT2D eigenvalue weighted by Gasteiger charge is 2.24. The smallest absolute Gasteiger partial charge is 0.279 e. The number of fused-ring (bicyclic) bond motifs is 2. The van der Waals surface area contributed by atoms with Crippen LogP contribution in [-0.2, 0) is 6.42 Å². The van der Waals surface area contributed by atoms with Crippen LogP contribution in [0.4, 0.5) is 0 Å². The monoisotopic (exact) mass is 462 g/mol. The molecular formula is C28H22N4OS. The van der Waals surface area contributed by atoms with Crippen molar-refractivity contribution in [2.24, 2.45) is 0 Å². The molecule has 34 heavy (non-hydrogen) atoms. The summed E-state index contributed by atoms with van der Waals surface area (Å²) in [5.41, 5.74) is 5.08. The summed E-state index contributed by atoms with van der Waals surface area (Å²) in [6.45, 7) is 0. The highest BCUT2D eigenvalue weighted by atomic mass is 32.1. The Morgan fingerprint density at radius 1 is 0.824 bits per heavy atom. The molecule has 0 radical (unpaired) electrons. The number of aromatic amines is 1. The fourth-order valence-electron chi connectivity index (χ4n) is 4.50. The van der Waals surface area contributed by atoms with E-state index in [-0.39, 0.29) is 11.6 Å². The largest absolute Gasteiger partial charge is 0.340 e. The van der Waals surface area contributed by atoms with E-state index in [1.807, 2.05) is 76.7 Å². The molecular weight excluding hydrogens is 440 g/mol. The zero-order valence-corrected chi connectivity index (χ0v) is 19.2. The second-order valence-corrected chi connectivity index (χ2v) is 9.23. The van der Waals surface area contributed by atoms with E-state index in [0.29, 0.717) is 5.69 Å². The van der Waals surface area contributed by atoms with Gasteiger partial charge in [-0.1, -0.05) is 60.7 Å². The van der Waals surface area contributed by atoms with E-state index in [2.05, 4.69) is 29.2 Å². The van der Waals surface area contributed by atoms with E-state index < -0.39 is 0 Å². The van der Waals surface area contributed by atoms with Gasteiger partial charge in [0.05, 0.1) is 33.0 Å². The van der Waals surface area contributed by atoms with Crippen molar-refractivity contribution in [3.8, 4) is 10.6 Å². The number of nitrogens with one attached hydrogen (secondary N) is 1. The molecule has 3 heterocycles. The number of rotatable bonds is 6. The Morgan fingerprint density at radius 3 is 2.38 bits per heavy atom. The van der Waals surface area contributed by atoms with Gasteiger partial charge < -0.3 is 4.98 Å². The molecule has 6 aromatic rings. The zero-order valence-electron chi connectivity index (χ0n) is 18.4. The lowest BCUT2D eigenvalue weighted by Crippen LogP contribution is -2.29. The second kappa shape index (κ2) is 8.72. The van der Waals surface area contributed by atoms with E-state index in [1.165, 1.54) is 16.9 Å². The third-order valence-electron chi connectivity index (χ3n) is 6.13. The second-order valence-electron chi connectivity index (χ2n) is 8.28. The summed E-state index contributed by atoms with van der Waals surface area (Å²) in [5, 5.41) is 1.97. The molecule has 3 aromatic carbocycles. The maximum absolute atomic E-state index is 14.0. The number of aryl methyl sites for hydroxylation is 1. The number of nitrogens with zero attached hydrogens (tertiary/aromatic N) is 3. The van der Waals surface area contributed by atoms with Crippen LogP contribution in [0.15, 0.2) is 101 Å². The average Bonchev–Trinajstić information content (AvgIpc) is 3.56. The van der Waals surface area contributed by atoms with Gasteiger partial charge in [-0.25, -0.2) is 9.97 Å². The lowest BCUT2D eigenvalue weighted by molar-refractivity contribution is 0.518. The molecule has 6 rings (SSSR count). The van der Waals surface area contributed by atoms with Gasteiger partial charge in [0.15, 0.2) is 0 Å². The molecule has 0 amide bonds. The Kier molecular flexibility index (Phi) is 5.28. The molecule has 1 atom stereocenters. The third kappa shape index (κ3) is 3.72. The van der Waals surface area contributed by atoms with Crippen molar-refractivity contribution < 1.29 is 0 Å². The van der Waals surface area contributed by atoms with Crippen molar-refractivity contribution in [2.75, 3.05) is 0 Å². The minimum Gasteiger partial charge on any atom is -0.340 e. The van der Waals surface area contributed by atoms with Gasteiger partial charge in [-0.3, -0.25) is 9.36 Å². The third-order valence-corrected chi connectivity index (χ3v) is 7.01. The molecule has 0 aliphatic heterocycles. The molecule has 0 saturated heterocycles. The summed E-state index contributed by atoms with van der Waals surface area (Å²) in [5.74, 6) is 0.785. The van der Waals surface area contributed by atoms with Crippen LogP contribution < -0.4 is 5.56 Å². The Hall–Kier alpha value is -4.03. The van der Waals surface area contributed by atoms with Crippen LogP contribution in [0.25, 0.3) is 32.6 Å². The molecule has 1 N–H and O–H groups in total. The van der Waals surface area contributed by atoms with Crippen molar-refractivity contribution >= 4 is 33.4 Å². The first-order chi connectivity index (χ1) is 16.8. The Bertz CT molecular complexity index is 1600. The summed E-state index contributed by atoms with van der Waals surface area (Å²) in [4.78, 5) is 28.0. The first-order valence-corrected chi connectivity index (χ1v) is 12.2. The lowest BCUT2D eigenvalue weighted by Gasteiger charge is -2.21. The topological polar surface area (TPSA) is 63.6 Å². The maximum Gasteiger partial charge on any atom is 0.279 e. The first kappa shape index (κ1) is 20.6. The summed E-state index contributed by atoms with van der Waals surface area (Å²) in [6, 6.07) is 29.8. The normalized spacial score (nSPS) is 12.4. The summed E-state index contributed by atoms with van der Waals surface area (Å²) < 4.78 is 1.89. The van der Waals surface area contributed by atoms with Gasteiger partial charge in [0.2, 0.25) is 0 Å². The number of benzene rings is 3. The van der Waals surface area contributed by atoms with Crippen LogP contribution in [-0.4, -0.2) is 19.5 Å². The number of hydrogen-bond acceptors (Lipinski definition) is 4. The fraction of sp³-hybridized carbons (Fsp3) is 0.107. The van der Waals surface area contributed by atoms with Crippen molar-refractivity contribution in [3.05, 3.63) is 118 Å². The highest BCUT2D eigenvalue weighted by Crippen LogP contribution is 2.29. The number of hydrogen-bond donors (Lipinski definition) is 1. The van der Waals surface area contributed by atoms with E-state index >= 15 is 0 Å². The van der Waals surface area contributed by atoms with Crippen LogP contribution in [0.3, 0.4) is 0 Å². The molecule has 0 aliphatic rings. The molecule has 0 spiro atoms. The fourth-order valence-corrected chi connectivity index (χ4v) is 5.21. The van der Waals surface area contributed by atoms with Gasteiger partial charge in [-0.05, 0) is 54.1 Å². The van der Waals surface area contributed by atoms with E-state index in [9.17, 15) is 4.79 Å². The predicted octanol–water partition coefficient (Wildman–Crippen LogP) is 6.22. The molecule has 6 heteroatoms. The Balaban J connectivity index is 1.57. The van der Waals surface area contributed by atoms with Crippen LogP contribution in [0.5, 0.6) is 0 Å². The average molecular weight is 463 g/mol. The van der Waals surface area contributed by atoms with Crippen molar-refractivity contribution in [2.45, 2.75) is 18.9 Å². The number of H-pyrrole nitrogens is 1. The molecule has 166 valence electrons. The summed E-state index contributed by atoms with van der Waals surface area (Å²) in [7, 11) is 0. The molecule has 0 aliphatic carbocycles. The molecule has 0 bridgehead atoms. The Morgan fingerprint density at radius 2 is 1.59 bits per heavy atom. The maximum atomic E-state index is 14.0. The lowest BCUT2D eigenvalue weighted by atomic mass is 10.0. The molecule has 5 nitrogen and oxygen atoms in total. The molecule has 1 unspecified atom stereocenters. The van der Waals surface area contributed by atoms with Crippen LogP contribution in [0.2, 0.25) is 0 Å². The van der Waals surface area contributed by atoms with E-state index in [1.54, 1.807) is 0 Å². The van der Waals surface area contributed by atoms with Crippen LogP contribution in [0, 0.1) is 0 Å². The first-order valence-electron chi connectivity index (χ1n) is 11.3. The van der Waals surface area contributed by atoms with Crippen molar-refractivity contribution in [1.82, 2.24) is 19.5 Å². The SMILES string of the molecule is O=c1c(-c2cccs2)nc2ccccc2n1C(CCc1ccccc1)c1nc2ccccc2[nH]1. The van der Waals surface area contributed by atoms with Gasteiger partial charge in [0, 0.05) is 0 Å². The van der Waals surface area contributed by atoms with Gasteiger partial charge in [-0.2, -0.15) is 0 Å². The zero-order chi connectivity index (χ0) is 22.9. The number of thiophene rings is 1. The standard InChI is InChI=1S/C28H22N4OS/c33-28-26(25-15-8-18-34-25)29-22-13-6-7-14-23(22)32(28)24(17-16-19-9-2-1-3-10-19)27-30-20-11-4-5-12-21(20)31-27/h1-15,18,24H,16-17H2,(H,30,31). The van der Waals surface area contributed by atoms with Crippen LogP contribution >= 0.6 is 11.3 Å². The number of imidazole rings is 1. The van der Waals surface area contributed by atoms with Gasteiger partial charge in [-0.15, -0.1) is 11.3 Å². The minimum atomic E-state index is -0.272. The molecule has 0 saturated carbocycles. The molecule has 3 aromatic heterocycles. The summed E-state index contributed by atoms with van der Waals surface area (Å²) >= 11 is 1.53. The van der Waals surface area contributed by atoms with Gasteiger partial charge in [0.1, 0.15) is 11.5 Å². The van der Waals surface area contributed by atoms with E-state index in [4.69, 9.17) is 9.97 Å². The van der Waals surface area contributed by atoms with Gasteiger partial charge in [0.25, 0.3) is 5.56 Å². The Labute approximate surface area is 200 Å².